The molecule has 6 nitrogen and oxygen atoms in total. The van der Waals surface area contributed by atoms with Crippen molar-refractivity contribution in [1.82, 2.24) is 4.57 Å². The molecule has 1 N–H and O–H groups in total. The fraction of sp³-hybridized carbons (Fsp3) is 0.211. The summed E-state index contributed by atoms with van der Waals surface area (Å²) in [6.45, 7) is 4.37. The second-order valence-electron chi connectivity index (χ2n) is 5.94. The maximum atomic E-state index is 10.7. The molecule has 0 unspecified atom stereocenters. The molecule has 1 aromatic heterocycles. The van der Waals surface area contributed by atoms with Crippen LogP contribution in [0.25, 0.3) is 10.9 Å². The van der Waals surface area contributed by atoms with Gasteiger partial charge in [-0.05, 0) is 31.5 Å². The molecule has 3 rings (SSSR count). The van der Waals surface area contributed by atoms with E-state index < -0.39 is 4.92 Å². The molecular formula is C19H20N4O2. The van der Waals surface area contributed by atoms with Gasteiger partial charge in [-0.3, -0.25) is 15.5 Å². The molecule has 0 amide bonds. The number of hydrogen-bond acceptors (Lipinski definition) is 4. The van der Waals surface area contributed by atoms with E-state index in [1.54, 1.807) is 18.3 Å². The first kappa shape index (κ1) is 16.7. The molecule has 1 atom stereocenters. The van der Waals surface area contributed by atoms with E-state index in [1.165, 1.54) is 17.6 Å². The van der Waals surface area contributed by atoms with Crippen LogP contribution in [0.3, 0.4) is 0 Å². The van der Waals surface area contributed by atoms with E-state index >= 15 is 0 Å². The number of hydrogen-bond donors (Lipinski definition) is 1. The number of para-hydroxylation sites is 1. The summed E-state index contributed by atoms with van der Waals surface area (Å²) in [7, 11) is 0. The summed E-state index contributed by atoms with van der Waals surface area (Å²) >= 11 is 0. The third-order valence-electron chi connectivity index (χ3n) is 4.31. The van der Waals surface area contributed by atoms with E-state index in [1.807, 2.05) is 12.1 Å². The fourth-order valence-electron chi connectivity index (χ4n) is 2.73. The molecule has 0 radical (unpaired) electrons. The summed E-state index contributed by atoms with van der Waals surface area (Å²) in [4.78, 5) is 10.3. The van der Waals surface area contributed by atoms with Gasteiger partial charge in [0.15, 0.2) is 0 Å². The summed E-state index contributed by atoms with van der Waals surface area (Å²) in [5.41, 5.74) is 5.90. The van der Waals surface area contributed by atoms with Gasteiger partial charge in [-0.1, -0.05) is 25.1 Å². The lowest BCUT2D eigenvalue weighted by Gasteiger charge is -2.12. The average molecular weight is 336 g/mol. The SMILES string of the molecule is CC[C@@H](C)n1cc(/C=N/Nc2ccc([N+](=O)[O-])cc2)c2ccccc21. The topological polar surface area (TPSA) is 72.5 Å². The van der Waals surface area contributed by atoms with Gasteiger partial charge in [0.1, 0.15) is 0 Å². The van der Waals surface area contributed by atoms with Crippen LogP contribution in [-0.2, 0) is 0 Å². The highest BCUT2D eigenvalue weighted by atomic mass is 16.6. The average Bonchev–Trinajstić information content (AvgIpc) is 3.00. The maximum Gasteiger partial charge on any atom is 0.269 e. The summed E-state index contributed by atoms with van der Waals surface area (Å²) in [5.74, 6) is 0. The van der Waals surface area contributed by atoms with Crippen LogP contribution in [0.2, 0.25) is 0 Å². The van der Waals surface area contributed by atoms with Gasteiger partial charge in [0, 0.05) is 40.8 Å². The zero-order valence-corrected chi connectivity index (χ0v) is 14.2. The highest BCUT2D eigenvalue weighted by Crippen LogP contribution is 2.25. The van der Waals surface area contributed by atoms with Gasteiger partial charge in [0.05, 0.1) is 16.8 Å². The Hall–Kier alpha value is -3.15. The van der Waals surface area contributed by atoms with Gasteiger partial charge in [0.2, 0.25) is 0 Å². The van der Waals surface area contributed by atoms with Gasteiger partial charge in [0.25, 0.3) is 5.69 Å². The quantitative estimate of drug-likeness (QED) is 0.392. The summed E-state index contributed by atoms with van der Waals surface area (Å²) in [6.07, 6.45) is 4.94. The van der Waals surface area contributed by atoms with Crippen LogP contribution in [0, 0.1) is 10.1 Å². The number of benzene rings is 2. The Kier molecular flexibility index (Phi) is 4.79. The standard InChI is InChI=1S/C19H20N4O2/c1-3-14(2)22-13-15(18-6-4-5-7-19(18)22)12-20-21-16-8-10-17(11-9-16)23(24)25/h4-14,21H,3H2,1-2H3/b20-12+/t14-/m1/s1. The molecule has 25 heavy (non-hydrogen) atoms. The molecule has 3 aromatic rings. The Morgan fingerprint density at radius 3 is 2.64 bits per heavy atom. The smallest absolute Gasteiger partial charge is 0.269 e. The molecule has 0 spiro atoms. The molecular weight excluding hydrogens is 316 g/mol. The van der Waals surface area contributed by atoms with Crippen molar-refractivity contribution in [3.8, 4) is 0 Å². The Morgan fingerprint density at radius 2 is 1.96 bits per heavy atom. The predicted octanol–water partition coefficient (Wildman–Crippen LogP) is 4.97. The van der Waals surface area contributed by atoms with Gasteiger partial charge in [-0.15, -0.1) is 0 Å². The third-order valence-corrected chi connectivity index (χ3v) is 4.31. The molecule has 1 heterocycles. The third kappa shape index (κ3) is 3.52. The Balaban J connectivity index is 1.82. The second kappa shape index (κ2) is 7.17. The van der Waals surface area contributed by atoms with Crippen LogP contribution < -0.4 is 5.43 Å². The molecule has 128 valence electrons. The Morgan fingerprint density at radius 1 is 1.24 bits per heavy atom. The van der Waals surface area contributed by atoms with Crippen molar-refractivity contribution in [3.05, 3.63) is 70.4 Å². The van der Waals surface area contributed by atoms with Crippen molar-refractivity contribution in [2.75, 3.05) is 5.43 Å². The molecule has 0 saturated heterocycles. The number of hydrazone groups is 1. The first-order valence-electron chi connectivity index (χ1n) is 8.23. The second-order valence-corrected chi connectivity index (χ2v) is 5.94. The minimum absolute atomic E-state index is 0.0613. The van der Waals surface area contributed by atoms with Crippen molar-refractivity contribution < 1.29 is 4.92 Å². The Bertz CT molecular complexity index is 913. The molecule has 0 fully saturated rings. The molecule has 0 bridgehead atoms. The van der Waals surface area contributed by atoms with E-state index in [0.29, 0.717) is 11.7 Å². The maximum absolute atomic E-state index is 10.7. The number of non-ortho nitro benzene ring substituents is 1. The van der Waals surface area contributed by atoms with Crippen molar-refractivity contribution in [3.63, 3.8) is 0 Å². The lowest BCUT2D eigenvalue weighted by atomic mass is 10.2. The fourth-order valence-corrected chi connectivity index (χ4v) is 2.73. The number of nitro benzene ring substituents is 1. The largest absolute Gasteiger partial charge is 0.344 e. The van der Waals surface area contributed by atoms with E-state index in [0.717, 1.165) is 17.4 Å². The minimum Gasteiger partial charge on any atom is -0.344 e. The summed E-state index contributed by atoms with van der Waals surface area (Å²) < 4.78 is 2.27. The van der Waals surface area contributed by atoms with Crippen LogP contribution >= 0.6 is 0 Å². The zero-order valence-electron chi connectivity index (χ0n) is 14.2. The molecule has 0 aliphatic carbocycles. The van der Waals surface area contributed by atoms with Crippen LogP contribution in [0.15, 0.2) is 59.8 Å². The van der Waals surface area contributed by atoms with E-state index in [-0.39, 0.29) is 5.69 Å². The molecule has 2 aromatic carbocycles. The normalized spacial score (nSPS) is 12.6. The molecule has 0 aliphatic rings. The van der Waals surface area contributed by atoms with Crippen molar-refractivity contribution >= 4 is 28.5 Å². The van der Waals surface area contributed by atoms with Gasteiger partial charge >= 0.3 is 0 Å². The van der Waals surface area contributed by atoms with Crippen LogP contribution in [-0.4, -0.2) is 15.7 Å². The first-order valence-corrected chi connectivity index (χ1v) is 8.23. The number of rotatable bonds is 6. The zero-order chi connectivity index (χ0) is 17.8. The number of anilines is 1. The van der Waals surface area contributed by atoms with E-state index in [2.05, 4.69) is 47.3 Å². The van der Waals surface area contributed by atoms with Gasteiger partial charge in [-0.2, -0.15) is 5.10 Å². The number of nitrogens with one attached hydrogen (secondary N) is 1. The van der Waals surface area contributed by atoms with Crippen LogP contribution in [0.5, 0.6) is 0 Å². The Labute approximate surface area is 145 Å². The van der Waals surface area contributed by atoms with Crippen LogP contribution in [0.1, 0.15) is 31.9 Å². The predicted molar refractivity (Wildman–Crippen MR) is 101 cm³/mol. The lowest BCUT2D eigenvalue weighted by molar-refractivity contribution is -0.384. The van der Waals surface area contributed by atoms with E-state index in [9.17, 15) is 10.1 Å². The minimum atomic E-state index is -0.420. The highest BCUT2D eigenvalue weighted by molar-refractivity contribution is 5.99. The van der Waals surface area contributed by atoms with Crippen molar-refractivity contribution in [2.45, 2.75) is 26.3 Å². The first-order chi connectivity index (χ1) is 12.1. The molecule has 0 aliphatic heterocycles. The summed E-state index contributed by atoms with van der Waals surface area (Å²) in [6, 6.07) is 14.8. The number of fused-ring (bicyclic) bond motifs is 1. The number of aromatic nitrogens is 1. The van der Waals surface area contributed by atoms with Gasteiger partial charge < -0.3 is 4.57 Å². The summed E-state index contributed by atoms with van der Waals surface area (Å²) in [5, 5.41) is 16.1. The van der Waals surface area contributed by atoms with Gasteiger partial charge in [-0.25, -0.2) is 0 Å². The van der Waals surface area contributed by atoms with E-state index in [4.69, 9.17) is 0 Å². The lowest BCUT2D eigenvalue weighted by Crippen LogP contribution is -2.01. The van der Waals surface area contributed by atoms with Crippen molar-refractivity contribution in [2.24, 2.45) is 5.10 Å². The number of nitrogens with zero attached hydrogens (tertiary/aromatic N) is 3. The highest BCUT2D eigenvalue weighted by Gasteiger charge is 2.10. The monoisotopic (exact) mass is 336 g/mol. The van der Waals surface area contributed by atoms with Crippen molar-refractivity contribution in [1.29, 1.82) is 0 Å². The molecule has 0 saturated carbocycles. The number of nitro groups is 1. The van der Waals surface area contributed by atoms with Crippen LogP contribution in [0.4, 0.5) is 11.4 Å². The molecule has 6 heteroatoms.